The van der Waals surface area contributed by atoms with Gasteiger partial charge in [0, 0.05) is 8.95 Å². The number of aromatic nitrogens is 1. The fourth-order valence-corrected chi connectivity index (χ4v) is 2.76. The quantitative estimate of drug-likeness (QED) is 0.607. The molecule has 1 aromatic heterocycles. The average Bonchev–Trinajstić information content (AvgIpc) is 2.84. The van der Waals surface area contributed by atoms with Gasteiger partial charge in [-0.05, 0) is 41.1 Å². The third-order valence-corrected chi connectivity index (χ3v) is 4.33. The summed E-state index contributed by atoms with van der Waals surface area (Å²) in [5.41, 5.74) is 1.42. The number of carbonyl (C=O) groups is 1. The van der Waals surface area contributed by atoms with Crippen molar-refractivity contribution in [1.29, 1.82) is 0 Å². The second-order valence-electron chi connectivity index (χ2n) is 3.64. The summed E-state index contributed by atoms with van der Waals surface area (Å²) < 4.78 is 6.15. The van der Waals surface area contributed by atoms with E-state index in [0.717, 1.165) is 20.7 Å². The first-order valence-corrected chi connectivity index (χ1v) is 7.51. The largest absolute Gasteiger partial charge is 0.456 e. The zero-order valence-corrected chi connectivity index (χ0v) is 12.8. The minimum Gasteiger partial charge on any atom is -0.456 e. The van der Waals surface area contributed by atoms with Crippen LogP contribution >= 0.6 is 33.9 Å². The third kappa shape index (κ3) is 3.29. The van der Waals surface area contributed by atoms with Gasteiger partial charge in [-0.1, -0.05) is 19.1 Å². The minimum atomic E-state index is -0.300. The summed E-state index contributed by atoms with van der Waals surface area (Å²) in [5, 5.41) is 3.00. The van der Waals surface area contributed by atoms with E-state index in [1.54, 1.807) is 17.4 Å². The van der Waals surface area contributed by atoms with Gasteiger partial charge in [-0.15, -0.1) is 11.3 Å². The van der Waals surface area contributed by atoms with Gasteiger partial charge in [0.2, 0.25) is 0 Å². The van der Waals surface area contributed by atoms with Crippen LogP contribution in [0, 0.1) is 3.57 Å². The molecule has 2 aromatic rings. The Hall–Kier alpha value is -0.950. The Balaban J connectivity index is 1.98. The molecule has 5 heteroatoms. The molecular formula is C13H12INO2S. The maximum Gasteiger partial charge on any atom is 0.339 e. The Morgan fingerprint density at radius 2 is 2.22 bits per heavy atom. The lowest BCUT2D eigenvalue weighted by Gasteiger charge is -2.04. The molecule has 0 fully saturated rings. The lowest BCUT2D eigenvalue weighted by atomic mass is 10.2. The fourth-order valence-electron chi connectivity index (χ4n) is 1.42. The standard InChI is InChI=1S/C13H12INO2S/c1-2-12-15-9(8-18-12)7-17-13(16)10-5-3-4-6-11(10)14/h3-6,8H,2,7H2,1H3. The van der Waals surface area contributed by atoms with E-state index in [-0.39, 0.29) is 12.6 Å². The number of benzene rings is 1. The van der Waals surface area contributed by atoms with E-state index in [4.69, 9.17) is 4.74 Å². The van der Waals surface area contributed by atoms with E-state index in [9.17, 15) is 4.79 Å². The van der Waals surface area contributed by atoms with Crippen LogP contribution in [0.1, 0.15) is 28.0 Å². The molecule has 0 amide bonds. The highest BCUT2D eigenvalue weighted by molar-refractivity contribution is 14.1. The van der Waals surface area contributed by atoms with Gasteiger partial charge in [-0.25, -0.2) is 9.78 Å². The first kappa shape index (κ1) is 13.5. The van der Waals surface area contributed by atoms with Gasteiger partial charge < -0.3 is 4.74 Å². The maximum absolute atomic E-state index is 11.9. The van der Waals surface area contributed by atoms with Gasteiger partial charge in [0.05, 0.1) is 16.3 Å². The topological polar surface area (TPSA) is 39.2 Å². The average molecular weight is 373 g/mol. The normalized spacial score (nSPS) is 10.3. The fraction of sp³-hybridized carbons (Fsp3) is 0.231. The van der Waals surface area contributed by atoms with Crippen LogP contribution in [0.5, 0.6) is 0 Å². The summed E-state index contributed by atoms with van der Waals surface area (Å²) in [4.78, 5) is 16.2. The molecule has 0 saturated heterocycles. The van der Waals surface area contributed by atoms with Crippen LogP contribution in [0.15, 0.2) is 29.6 Å². The lowest BCUT2D eigenvalue weighted by molar-refractivity contribution is 0.0467. The van der Waals surface area contributed by atoms with E-state index >= 15 is 0 Å². The summed E-state index contributed by atoms with van der Waals surface area (Å²) in [6, 6.07) is 7.38. The molecule has 0 radical (unpaired) electrons. The van der Waals surface area contributed by atoms with Crippen LogP contribution in [0.3, 0.4) is 0 Å². The molecule has 2 rings (SSSR count). The Kier molecular flexibility index (Phi) is 4.71. The summed E-state index contributed by atoms with van der Waals surface area (Å²) >= 11 is 3.72. The molecule has 1 aromatic carbocycles. The molecule has 18 heavy (non-hydrogen) atoms. The summed E-state index contributed by atoms with van der Waals surface area (Å²) in [7, 11) is 0. The molecule has 0 atom stereocenters. The lowest BCUT2D eigenvalue weighted by Crippen LogP contribution is -2.07. The highest BCUT2D eigenvalue weighted by Crippen LogP contribution is 2.15. The van der Waals surface area contributed by atoms with Gasteiger partial charge >= 0.3 is 5.97 Å². The zero-order valence-electron chi connectivity index (χ0n) is 9.85. The Morgan fingerprint density at radius 3 is 2.89 bits per heavy atom. The Labute approximate surface area is 123 Å². The summed E-state index contributed by atoms with van der Waals surface area (Å²) in [5.74, 6) is -0.300. The van der Waals surface area contributed by atoms with Crippen LogP contribution in [-0.4, -0.2) is 11.0 Å². The van der Waals surface area contributed by atoms with Gasteiger partial charge in [0.25, 0.3) is 0 Å². The number of thiazole rings is 1. The van der Waals surface area contributed by atoms with Crippen molar-refractivity contribution in [3.8, 4) is 0 Å². The van der Waals surface area contributed by atoms with Crippen LogP contribution in [0.2, 0.25) is 0 Å². The van der Waals surface area contributed by atoms with Crippen molar-refractivity contribution in [2.75, 3.05) is 0 Å². The molecular weight excluding hydrogens is 361 g/mol. The van der Waals surface area contributed by atoms with E-state index in [1.807, 2.05) is 23.6 Å². The molecule has 0 N–H and O–H groups in total. The van der Waals surface area contributed by atoms with Gasteiger partial charge in [-0.3, -0.25) is 0 Å². The Bertz CT molecular complexity index is 553. The molecule has 0 saturated carbocycles. The van der Waals surface area contributed by atoms with E-state index in [0.29, 0.717) is 5.56 Å². The molecule has 0 aliphatic rings. The molecule has 0 bridgehead atoms. The summed E-state index contributed by atoms with van der Waals surface area (Å²) in [6.07, 6.45) is 0.912. The zero-order chi connectivity index (χ0) is 13.0. The number of rotatable bonds is 4. The number of halogens is 1. The smallest absolute Gasteiger partial charge is 0.339 e. The predicted octanol–water partition coefficient (Wildman–Crippen LogP) is 3.67. The highest BCUT2D eigenvalue weighted by Gasteiger charge is 2.11. The van der Waals surface area contributed by atoms with Gasteiger partial charge in [-0.2, -0.15) is 0 Å². The van der Waals surface area contributed by atoms with E-state index in [1.165, 1.54) is 0 Å². The first-order chi connectivity index (χ1) is 8.70. The number of hydrogen-bond acceptors (Lipinski definition) is 4. The maximum atomic E-state index is 11.9. The monoisotopic (exact) mass is 373 g/mol. The van der Waals surface area contributed by atoms with Crippen LogP contribution in [-0.2, 0) is 17.8 Å². The van der Waals surface area contributed by atoms with Crippen molar-refractivity contribution in [2.24, 2.45) is 0 Å². The molecule has 0 unspecified atom stereocenters. The molecule has 0 spiro atoms. The predicted molar refractivity (Wildman–Crippen MR) is 79.8 cm³/mol. The third-order valence-electron chi connectivity index (χ3n) is 2.35. The van der Waals surface area contributed by atoms with Crippen LogP contribution < -0.4 is 0 Å². The molecule has 3 nitrogen and oxygen atoms in total. The Morgan fingerprint density at radius 1 is 1.44 bits per heavy atom. The molecule has 94 valence electrons. The van der Waals surface area contributed by atoms with Gasteiger partial charge in [0.1, 0.15) is 6.61 Å². The van der Waals surface area contributed by atoms with Gasteiger partial charge in [0.15, 0.2) is 0 Å². The second-order valence-corrected chi connectivity index (χ2v) is 5.75. The molecule has 0 aliphatic carbocycles. The number of carbonyl (C=O) groups excluding carboxylic acids is 1. The van der Waals surface area contributed by atoms with Crippen molar-refractivity contribution in [2.45, 2.75) is 20.0 Å². The SMILES string of the molecule is CCc1nc(COC(=O)c2ccccc2I)cs1. The highest BCUT2D eigenvalue weighted by atomic mass is 127. The van der Waals surface area contributed by atoms with E-state index in [2.05, 4.69) is 34.5 Å². The number of hydrogen-bond donors (Lipinski definition) is 0. The van der Waals surface area contributed by atoms with Crippen LogP contribution in [0.25, 0.3) is 0 Å². The van der Waals surface area contributed by atoms with Crippen molar-refractivity contribution < 1.29 is 9.53 Å². The van der Waals surface area contributed by atoms with Crippen molar-refractivity contribution in [3.05, 3.63) is 49.5 Å². The number of esters is 1. The second kappa shape index (κ2) is 6.29. The summed E-state index contributed by atoms with van der Waals surface area (Å²) in [6.45, 7) is 2.29. The van der Waals surface area contributed by atoms with Crippen molar-refractivity contribution in [3.63, 3.8) is 0 Å². The van der Waals surface area contributed by atoms with Crippen molar-refractivity contribution >= 4 is 39.9 Å². The number of aryl methyl sites for hydroxylation is 1. The number of nitrogens with zero attached hydrogens (tertiary/aromatic N) is 1. The molecule has 1 heterocycles. The van der Waals surface area contributed by atoms with Crippen molar-refractivity contribution in [1.82, 2.24) is 4.98 Å². The van der Waals surface area contributed by atoms with Crippen LogP contribution in [0.4, 0.5) is 0 Å². The first-order valence-electron chi connectivity index (χ1n) is 5.55. The molecule has 0 aliphatic heterocycles. The van der Waals surface area contributed by atoms with E-state index < -0.39 is 0 Å². The minimum absolute atomic E-state index is 0.236. The number of ether oxygens (including phenoxy) is 1.